The average molecular weight is 424 g/mol. The number of nitrogens with two attached hydrogens (primary N) is 2. The van der Waals surface area contributed by atoms with Gasteiger partial charge in [-0.25, -0.2) is 4.39 Å². The van der Waals surface area contributed by atoms with Crippen LogP contribution in [0.4, 0.5) is 15.8 Å². The molecule has 0 saturated carbocycles. The van der Waals surface area contributed by atoms with Crippen LogP contribution in [0.2, 0.25) is 0 Å². The van der Waals surface area contributed by atoms with Gasteiger partial charge in [0.15, 0.2) is 6.42 Å². The minimum Gasteiger partial charge on any atom is -0.399 e. The van der Waals surface area contributed by atoms with Crippen LogP contribution < -0.4 is 11.5 Å². The molecule has 0 aromatic heterocycles. The number of nitrogen functional groups attached to an aromatic ring is 2. The van der Waals surface area contributed by atoms with E-state index in [2.05, 4.69) is 7.94 Å². The van der Waals surface area contributed by atoms with E-state index in [1.807, 2.05) is 0 Å². The van der Waals surface area contributed by atoms with Crippen molar-refractivity contribution in [3.63, 3.8) is 0 Å². The number of rotatable bonds is 7. The molecule has 0 heterocycles. The van der Waals surface area contributed by atoms with Gasteiger partial charge < -0.3 is 11.5 Å². The summed E-state index contributed by atoms with van der Waals surface area (Å²) in [6.07, 6.45) is -1.99. The van der Waals surface area contributed by atoms with Crippen LogP contribution >= 0.6 is 7.60 Å². The van der Waals surface area contributed by atoms with Crippen LogP contribution in [-0.2, 0) is 32.7 Å². The first kappa shape index (κ1) is 20.3. The monoisotopic (exact) mass is 424 g/mol. The van der Waals surface area contributed by atoms with Gasteiger partial charge >= 0.3 is 27.8 Å². The fourth-order valence-corrected chi connectivity index (χ4v) is 6.37. The van der Waals surface area contributed by atoms with E-state index in [-0.39, 0.29) is 11.4 Å². The molecular weight excluding hydrogens is 410 g/mol. The molecular formula is C13H14FN2O7PS2. The van der Waals surface area contributed by atoms with Gasteiger partial charge in [0.25, 0.3) is 0 Å². The smallest absolute Gasteiger partial charge is 0.391 e. The summed E-state index contributed by atoms with van der Waals surface area (Å²) in [7, 11) is -14.8. The molecule has 13 heteroatoms. The van der Waals surface area contributed by atoms with E-state index in [0.29, 0.717) is 0 Å². The van der Waals surface area contributed by atoms with E-state index >= 15 is 0 Å². The Kier molecular flexibility index (Phi) is 5.73. The molecule has 2 aromatic carbocycles. The lowest BCUT2D eigenvalue weighted by atomic mass is 10.3. The fourth-order valence-electron chi connectivity index (χ4n) is 1.71. The first-order valence-electron chi connectivity index (χ1n) is 6.76. The molecule has 0 spiro atoms. The molecule has 0 radical (unpaired) electrons. The largest absolute Gasteiger partial charge is 0.399 e. The van der Waals surface area contributed by atoms with Crippen LogP contribution in [0.3, 0.4) is 0 Å². The number of halogens is 1. The van der Waals surface area contributed by atoms with E-state index < -0.39 is 44.0 Å². The highest BCUT2D eigenvalue weighted by Gasteiger charge is 2.38. The van der Waals surface area contributed by atoms with Crippen LogP contribution in [0.15, 0.2) is 58.3 Å². The Morgan fingerprint density at radius 1 is 0.769 bits per heavy atom. The van der Waals surface area contributed by atoms with Crippen molar-refractivity contribution in [2.75, 3.05) is 17.9 Å². The summed E-state index contributed by atoms with van der Waals surface area (Å²) >= 11 is 0. The molecule has 2 aromatic rings. The third-order valence-electron chi connectivity index (χ3n) is 2.91. The van der Waals surface area contributed by atoms with E-state index in [9.17, 15) is 25.8 Å². The Bertz CT molecular complexity index is 957. The molecule has 0 unspecified atom stereocenters. The van der Waals surface area contributed by atoms with E-state index in [4.69, 9.17) is 11.5 Å². The Hall–Kier alpha value is -1.98. The molecule has 0 aliphatic rings. The zero-order valence-corrected chi connectivity index (χ0v) is 15.5. The Morgan fingerprint density at radius 2 is 1.08 bits per heavy atom. The van der Waals surface area contributed by atoms with Crippen LogP contribution in [0.25, 0.3) is 0 Å². The average Bonchev–Trinajstić information content (AvgIpc) is 2.54. The molecule has 26 heavy (non-hydrogen) atoms. The van der Waals surface area contributed by atoms with Gasteiger partial charge in [0, 0.05) is 11.4 Å². The second kappa shape index (κ2) is 7.33. The number of hydrogen-bond acceptors (Lipinski definition) is 9. The summed E-state index contributed by atoms with van der Waals surface area (Å²) in [5.74, 6) is 0. The van der Waals surface area contributed by atoms with Crippen molar-refractivity contribution in [2.24, 2.45) is 0 Å². The van der Waals surface area contributed by atoms with Gasteiger partial charge in [0.2, 0.25) is 0 Å². The Balaban J connectivity index is 2.31. The molecule has 9 nitrogen and oxygen atoms in total. The van der Waals surface area contributed by atoms with Gasteiger partial charge in [0.1, 0.15) is 0 Å². The third kappa shape index (κ3) is 4.80. The summed E-state index contributed by atoms with van der Waals surface area (Å²) in [6, 6.07) is 8.91. The number of hydrogen-bond donors (Lipinski definition) is 2. The topological polar surface area (TPSA) is 156 Å². The second-order valence-electron chi connectivity index (χ2n) is 4.93. The third-order valence-corrected chi connectivity index (χ3v) is 8.29. The predicted molar refractivity (Wildman–Crippen MR) is 91.8 cm³/mol. The quantitative estimate of drug-likeness (QED) is 0.502. The summed E-state index contributed by atoms with van der Waals surface area (Å²) < 4.78 is 82.3. The SMILES string of the molecule is Nc1ccc(S(=O)(=O)OP(=O)(CF)OS(=O)(=O)c2ccc(N)cc2)cc1. The fraction of sp³-hybridized carbons (Fsp3) is 0.0769. The lowest BCUT2D eigenvalue weighted by Crippen LogP contribution is -2.12. The van der Waals surface area contributed by atoms with Gasteiger partial charge in [-0.2, -0.15) is 24.8 Å². The van der Waals surface area contributed by atoms with E-state index in [0.717, 1.165) is 24.3 Å². The summed E-state index contributed by atoms with van der Waals surface area (Å²) in [4.78, 5) is -1.01. The standard InChI is InChI=1S/C13H14FN2O7PS2/c14-9-24(17,22-25(18,19)12-5-1-10(15)2-6-12)23-26(20,21)13-7-3-11(16)4-8-13/h1-8H,9,15-16H2. The van der Waals surface area contributed by atoms with Gasteiger partial charge in [-0.1, -0.05) is 0 Å². The van der Waals surface area contributed by atoms with Gasteiger partial charge in [0.05, 0.1) is 9.79 Å². The number of benzene rings is 2. The molecule has 2 rings (SSSR count). The lowest BCUT2D eigenvalue weighted by Gasteiger charge is -2.15. The Labute approximate surface area is 149 Å². The van der Waals surface area contributed by atoms with Crippen molar-refractivity contribution in [2.45, 2.75) is 9.79 Å². The molecule has 4 N–H and O–H groups in total. The van der Waals surface area contributed by atoms with Crippen molar-refractivity contribution in [3.05, 3.63) is 48.5 Å². The number of alkyl halides is 1. The highest BCUT2D eigenvalue weighted by Crippen LogP contribution is 2.53. The predicted octanol–water partition coefficient (Wildman–Crippen LogP) is 2.08. The molecule has 0 aliphatic carbocycles. The van der Waals surface area contributed by atoms with Gasteiger partial charge in [-0.05, 0) is 48.5 Å². The van der Waals surface area contributed by atoms with Crippen molar-refractivity contribution >= 4 is 39.2 Å². The van der Waals surface area contributed by atoms with Crippen molar-refractivity contribution in [1.82, 2.24) is 0 Å². The first-order valence-corrected chi connectivity index (χ1v) is 11.3. The molecule has 0 aliphatic heterocycles. The molecule has 0 bridgehead atoms. The number of anilines is 2. The second-order valence-corrected chi connectivity index (χ2v) is 10.3. The van der Waals surface area contributed by atoms with Gasteiger partial charge in [-0.15, -0.1) is 0 Å². The first-order chi connectivity index (χ1) is 12.0. The van der Waals surface area contributed by atoms with E-state index in [1.165, 1.54) is 24.3 Å². The molecule has 0 fully saturated rings. The van der Waals surface area contributed by atoms with Crippen LogP contribution in [-0.4, -0.2) is 23.3 Å². The lowest BCUT2D eigenvalue weighted by molar-refractivity contribution is 0.358. The highest BCUT2D eigenvalue weighted by molar-refractivity contribution is 7.95. The van der Waals surface area contributed by atoms with E-state index in [1.54, 1.807) is 0 Å². The van der Waals surface area contributed by atoms with Crippen molar-refractivity contribution in [3.8, 4) is 0 Å². The van der Waals surface area contributed by atoms with Crippen LogP contribution in [0.1, 0.15) is 0 Å². The zero-order chi connectivity index (χ0) is 19.6. The minimum atomic E-state index is -5.20. The summed E-state index contributed by atoms with van der Waals surface area (Å²) in [5.41, 5.74) is 11.3. The van der Waals surface area contributed by atoms with Crippen LogP contribution in [0.5, 0.6) is 0 Å². The highest BCUT2D eigenvalue weighted by atomic mass is 32.2. The molecule has 0 atom stereocenters. The van der Waals surface area contributed by atoms with Gasteiger partial charge in [-0.3, -0.25) is 4.57 Å². The maximum atomic E-state index is 13.2. The van der Waals surface area contributed by atoms with Crippen molar-refractivity contribution in [1.29, 1.82) is 0 Å². The molecule has 0 saturated heterocycles. The van der Waals surface area contributed by atoms with Crippen LogP contribution in [0, 0.1) is 0 Å². The summed E-state index contributed by atoms with van der Waals surface area (Å²) in [5, 5.41) is 0. The minimum absolute atomic E-state index is 0.236. The Morgan fingerprint density at radius 3 is 1.35 bits per heavy atom. The zero-order valence-electron chi connectivity index (χ0n) is 13.0. The summed E-state index contributed by atoms with van der Waals surface area (Å²) in [6.45, 7) is 0. The van der Waals surface area contributed by atoms with Crippen molar-refractivity contribution < 1.29 is 33.7 Å². The molecule has 0 amide bonds. The molecule has 142 valence electrons. The maximum Gasteiger partial charge on any atom is 0.391 e. The normalized spacial score (nSPS) is 12.8. The maximum absolute atomic E-state index is 13.2.